The molecule has 1 aromatic heterocycles. The predicted molar refractivity (Wildman–Crippen MR) is 79.4 cm³/mol. The van der Waals surface area contributed by atoms with Crippen LogP contribution in [0.15, 0.2) is 22.7 Å². The summed E-state index contributed by atoms with van der Waals surface area (Å²) in [5, 5.41) is 9.34. The van der Waals surface area contributed by atoms with E-state index in [0.29, 0.717) is 15.9 Å². The summed E-state index contributed by atoms with van der Waals surface area (Å²) in [6, 6.07) is 3.92. The number of hydrogen-bond donors (Lipinski definition) is 2. The normalized spacial score (nSPS) is 10.4. The molecule has 2 amide bonds. The first-order valence-electron chi connectivity index (χ1n) is 5.91. The molecule has 0 spiro atoms. The standard InChI is InChI=1S/C13H14BrFN4O/c1-7-12(8(2)19(3)18-7)17-13(20)16-11-5-4-9(14)6-10(11)15/h4-6H,1-3H3,(H2,16,17,20). The van der Waals surface area contributed by atoms with Gasteiger partial charge in [0.05, 0.1) is 22.8 Å². The zero-order chi connectivity index (χ0) is 14.9. The zero-order valence-corrected chi connectivity index (χ0v) is 12.9. The highest BCUT2D eigenvalue weighted by molar-refractivity contribution is 9.10. The van der Waals surface area contributed by atoms with E-state index in [0.717, 1.165) is 5.69 Å². The van der Waals surface area contributed by atoms with E-state index in [9.17, 15) is 9.18 Å². The molecular formula is C13H14BrFN4O. The summed E-state index contributed by atoms with van der Waals surface area (Å²) in [7, 11) is 1.79. The Morgan fingerprint density at radius 1 is 1.35 bits per heavy atom. The molecule has 2 rings (SSSR count). The van der Waals surface area contributed by atoms with Crippen molar-refractivity contribution in [3.63, 3.8) is 0 Å². The Bertz CT molecular complexity index is 669. The van der Waals surface area contributed by atoms with Crippen molar-refractivity contribution in [2.45, 2.75) is 13.8 Å². The van der Waals surface area contributed by atoms with Gasteiger partial charge in [0.2, 0.25) is 0 Å². The second-order valence-electron chi connectivity index (χ2n) is 4.37. The van der Waals surface area contributed by atoms with Gasteiger partial charge in [0.1, 0.15) is 5.82 Å². The van der Waals surface area contributed by atoms with E-state index < -0.39 is 11.8 Å². The van der Waals surface area contributed by atoms with E-state index in [1.165, 1.54) is 12.1 Å². The van der Waals surface area contributed by atoms with Crippen LogP contribution >= 0.6 is 15.9 Å². The van der Waals surface area contributed by atoms with E-state index in [1.54, 1.807) is 24.7 Å². The summed E-state index contributed by atoms with van der Waals surface area (Å²) < 4.78 is 15.9. The number of aryl methyl sites for hydroxylation is 2. The Morgan fingerprint density at radius 3 is 2.60 bits per heavy atom. The molecule has 0 unspecified atom stereocenters. The average molecular weight is 341 g/mol. The highest BCUT2D eigenvalue weighted by atomic mass is 79.9. The minimum atomic E-state index is -0.509. The van der Waals surface area contributed by atoms with Gasteiger partial charge in [-0.2, -0.15) is 5.10 Å². The predicted octanol–water partition coefficient (Wildman–Crippen LogP) is 3.58. The molecule has 7 heteroatoms. The second-order valence-corrected chi connectivity index (χ2v) is 5.29. The van der Waals surface area contributed by atoms with Crippen LogP contribution in [0, 0.1) is 19.7 Å². The SMILES string of the molecule is Cc1nn(C)c(C)c1NC(=O)Nc1ccc(Br)cc1F. The molecule has 0 aliphatic rings. The van der Waals surface area contributed by atoms with Crippen molar-refractivity contribution >= 4 is 33.3 Å². The summed E-state index contributed by atoms with van der Waals surface area (Å²) in [4.78, 5) is 11.9. The third kappa shape index (κ3) is 2.98. The van der Waals surface area contributed by atoms with Crippen molar-refractivity contribution in [2.24, 2.45) is 7.05 Å². The number of carbonyl (C=O) groups excluding carboxylic acids is 1. The van der Waals surface area contributed by atoms with Gasteiger partial charge in [-0.1, -0.05) is 15.9 Å². The Kier molecular flexibility index (Phi) is 4.08. The van der Waals surface area contributed by atoms with Crippen LogP contribution in [0.4, 0.5) is 20.6 Å². The van der Waals surface area contributed by atoms with Crippen molar-refractivity contribution in [1.82, 2.24) is 9.78 Å². The first kappa shape index (κ1) is 14.5. The van der Waals surface area contributed by atoms with Crippen LogP contribution < -0.4 is 10.6 Å². The molecular weight excluding hydrogens is 327 g/mol. The molecule has 0 saturated heterocycles. The van der Waals surface area contributed by atoms with E-state index in [4.69, 9.17) is 0 Å². The number of anilines is 2. The largest absolute Gasteiger partial charge is 0.323 e. The minimum absolute atomic E-state index is 0.116. The lowest BCUT2D eigenvalue weighted by Crippen LogP contribution is -2.20. The minimum Gasteiger partial charge on any atom is -0.305 e. The van der Waals surface area contributed by atoms with Crippen LogP contribution in [0.3, 0.4) is 0 Å². The molecule has 1 aromatic carbocycles. The average Bonchev–Trinajstić information content (AvgIpc) is 2.60. The Labute approximate surface area is 124 Å². The van der Waals surface area contributed by atoms with E-state index in [1.807, 2.05) is 6.92 Å². The van der Waals surface area contributed by atoms with Crippen molar-refractivity contribution in [3.8, 4) is 0 Å². The van der Waals surface area contributed by atoms with Gasteiger partial charge in [-0.3, -0.25) is 4.68 Å². The molecule has 0 fully saturated rings. The van der Waals surface area contributed by atoms with Gasteiger partial charge in [-0.05, 0) is 32.0 Å². The first-order valence-corrected chi connectivity index (χ1v) is 6.71. The van der Waals surface area contributed by atoms with Gasteiger partial charge in [-0.25, -0.2) is 9.18 Å². The smallest absolute Gasteiger partial charge is 0.305 e. The molecule has 0 saturated carbocycles. The van der Waals surface area contributed by atoms with Gasteiger partial charge in [0, 0.05) is 11.5 Å². The van der Waals surface area contributed by atoms with Crippen LogP contribution in [0.5, 0.6) is 0 Å². The summed E-state index contributed by atoms with van der Waals surface area (Å²) in [6.07, 6.45) is 0. The fraction of sp³-hybridized carbons (Fsp3) is 0.231. The lowest BCUT2D eigenvalue weighted by molar-refractivity contribution is 0.262. The van der Waals surface area contributed by atoms with Crippen molar-refractivity contribution in [2.75, 3.05) is 10.6 Å². The summed E-state index contributed by atoms with van der Waals surface area (Å²) in [5.41, 5.74) is 2.28. The molecule has 0 atom stereocenters. The molecule has 0 bridgehead atoms. The van der Waals surface area contributed by atoms with Gasteiger partial charge < -0.3 is 10.6 Å². The Hall–Kier alpha value is -1.89. The highest BCUT2D eigenvalue weighted by Crippen LogP contribution is 2.21. The van der Waals surface area contributed by atoms with E-state index in [2.05, 4.69) is 31.7 Å². The molecule has 0 aliphatic heterocycles. The molecule has 2 aromatic rings. The molecule has 0 radical (unpaired) electrons. The van der Waals surface area contributed by atoms with Crippen LogP contribution in [0.2, 0.25) is 0 Å². The third-order valence-electron chi connectivity index (χ3n) is 2.93. The van der Waals surface area contributed by atoms with Gasteiger partial charge in [0.15, 0.2) is 0 Å². The number of halogens is 2. The fourth-order valence-electron chi connectivity index (χ4n) is 1.81. The summed E-state index contributed by atoms with van der Waals surface area (Å²) in [5.74, 6) is -0.505. The number of urea groups is 1. The molecule has 1 heterocycles. The monoisotopic (exact) mass is 340 g/mol. The van der Waals surface area contributed by atoms with Crippen molar-refractivity contribution in [3.05, 3.63) is 39.9 Å². The molecule has 106 valence electrons. The Morgan fingerprint density at radius 2 is 2.05 bits per heavy atom. The van der Waals surface area contributed by atoms with Crippen LogP contribution in [0.1, 0.15) is 11.4 Å². The summed E-state index contributed by atoms with van der Waals surface area (Å²) >= 11 is 3.16. The fourth-order valence-corrected chi connectivity index (χ4v) is 2.15. The van der Waals surface area contributed by atoms with Gasteiger partial charge >= 0.3 is 6.03 Å². The van der Waals surface area contributed by atoms with Crippen LogP contribution in [0.25, 0.3) is 0 Å². The third-order valence-corrected chi connectivity index (χ3v) is 3.42. The number of carbonyl (C=O) groups is 1. The van der Waals surface area contributed by atoms with E-state index in [-0.39, 0.29) is 5.69 Å². The lowest BCUT2D eigenvalue weighted by atomic mass is 10.3. The number of nitrogens with one attached hydrogen (secondary N) is 2. The molecule has 20 heavy (non-hydrogen) atoms. The van der Waals surface area contributed by atoms with Crippen LogP contribution in [-0.4, -0.2) is 15.8 Å². The molecule has 0 aliphatic carbocycles. The maximum absolute atomic E-state index is 13.6. The second kappa shape index (κ2) is 5.62. The topological polar surface area (TPSA) is 59.0 Å². The quantitative estimate of drug-likeness (QED) is 0.877. The maximum atomic E-state index is 13.6. The highest BCUT2D eigenvalue weighted by Gasteiger charge is 2.13. The van der Waals surface area contributed by atoms with Crippen molar-refractivity contribution < 1.29 is 9.18 Å². The summed E-state index contributed by atoms with van der Waals surface area (Å²) in [6.45, 7) is 3.64. The zero-order valence-electron chi connectivity index (χ0n) is 11.3. The van der Waals surface area contributed by atoms with Crippen LogP contribution in [-0.2, 0) is 7.05 Å². The first-order chi connectivity index (χ1) is 9.38. The number of aromatic nitrogens is 2. The van der Waals surface area contributed by atoms with E-state index >= 15 is 0 Å². The maximum Gasteiger partial charge on any atom is 0.323 e. The van der Waals surface area contributed by atoms with Gasteiger partial charge in [-0.15, -0.1) is 0 Å². The number of nitrogens with zero attached hydrogens (tertiary/aromatic N) is 2. The lowest BCUT2D eigenvalue weighted by Gasteiger charge is -2.09. The number of rotatable bonds is 2. The van der Waals surface area contributed by atoms with Crippen molar-refractivity contribution in [1.29, 1.82) is 0 Å². The Balaban J connectivity index is 2.13. The number of hydrogen-bond acceptors (Lipinski definition) is 2. The number of amides is 2. The molecule has 5 nitrogen and oxygen atoms in total. The molecule has 2 N–H and O–H groups in total. The number of benzene rings is 1. The van der Waals surface area contributed by atoms with Gasteiger partial charge in [0.25, 0.3) is 0 Å².